The first-order valence-corrected chi connectivity index (χ1v) is 12.6. The van der Waals surface area contributed by atoms with Crippen molar-refractivity contribution < 1.29 is 53.6 Å². The molecule has 0 rings (SSSR count). The molecule has 13 heteroatoms. The fourth-order valence-electron chi connectivity index (χ4n) is 3.63. The fourth-order valence-corrected chi connectivity index (χ4v) is 3.63. The average Bonchev–Trinajstić information content (AvgIpc) is 2.77. The van der Waals surface area contributed by atoms with E-state index in [9.17, 15) is 43.8 Å². The molecule has 0 aliphatic rings. The van der Waals surface area contributed by atoms with Crippen molar-refractivity contribution in [1.82, 2.24) is 10.6 Å². The minimum absolute atomic E-state index is 0.151. The predicted octanol–water partition coefficient (Wildman–Crippen LogP) is 1.17. The number of carboxylic acid groups (broad SMARTS) is 3. The van der Waals surface area contributed by atoms with Gasteiger partial charge < -0.3 is 35.5 Å². The van der Waals surface area contributed by atoms with Crippen molar-refractivity contribution in [2.24, 2.45) is 11.8 Å². The zero-order valence-electron chi connectivity index (χ0n) is 22.2. The third-order valence-corrected chi connectivity index (χ3v) is 5.47. The second kappa shape index (κ2) is 18.8. The summed E-state index contributed by atoms with van der Waals surface area (Å²) >= 11 is 0. The molecule has 0 spiro atoms. The molecular weight excluding hydrogens is 504 g/mol. The Balaban J connectivity index is 5.16. The van der Waals surface area contributed by atoms with Crippen LogP contribution in [0.1, 0.15) is 78.6 Å². The monoisotopic (exact) mass is 544 g/mol. The van der Waals surface area contributed by atoms with Crippen molar-refractivity contribution in [1.29, 1.82) is 0 Å². The van der Waals surface area contributed by atoms with Crippen LogP contribution < -0.4 is 10.6 Å². The van der Waals surface area contributed by atoms with Gasteiger partial charge in [-0.3, -0.25) is 28.8 Å². The first-order chi connectivity index (χ1) is 17.7. The van der Waals surface area contributed by atoms with Crippen LogP contribution in [0, 0.1) is 11.8 Å². The molecule has 0 heterocycles. The molecule has 0 fully saturated rings. The van der Waals surface area contributed by atoms with Crippen molar-refractivity contribution in [2.45, 2.75) is 90.7 Å². The summed E-state index contributed by atoms with van der Waals surface area (Å²) in [6.07, 6.45) is -0.0426. The van der Waals surface area contributed by atoms with Crippen LogP contribution in [0.15, 0.2) is 0 Å². The van der Waals surface area contributed by atoms with Gasteiger partial charge in [-0.25, -0.2) is 0 Å². The smallest absolute Gasteiger partial charge is 0.305 e. The summed E-state index contributed by atoms with van der Waals surface area (Å²) in [5.41, 5.74) is 0. The molecular formula is C25H40N2O11. The van der Waals surface area contributed by atoms with Crippen LogP contribution in [0.4, 0.5) is 0 Å². The Morgan fingerprint density at radius 1 is 0.684 bits per heavy atom. The van der Waals surface area contributed by atoms with Gasteiger partial charge in [-0.05, 0) is 33.6 Å². The number of carbonyl (C=O) groups excluding carboxylic acids is 4. The Kier molecular flexibility index (Phi) is 17.2. The molecule has 216 valence electrons. The van der Waals surface area contributed by atoms with E-state index in [1.54, 1.807) is 0 Å². The molecule has 5 N–H and O–H groups in total. The quantitative estimate of drug-likeness (QED) is 0.122. The van der Waals surface area contributed by atoms with E-state index in [2.05, 4.69) is 10.6 Å². The summed E-state index contributed by atoms with van der Waals surface area (Å²) in [4.78, 5) is 83.1. The number of hydrogen-bond acceptors (Lipinski definition) is 8. The predicted molar refractivity (Wildman–Crippen MR) is 133 cm³/mol. The van der Waals surface area contributed by atoms with Crippen LogP contribution in [0.5, 0.6) is 0 Å². The molecule has 3 atom stereocenters. The molecule has 0 aromatic rings. The number of unbranched alkanes of at least 4 members (excludes halogenated alkanes) is 3. The molecule has 0 bridgehead atoms. The molecule has 0 saturated carbocycles. The van der Waals surface area contributed by atoms with Gasteiger partial charge in [0.25, 0.3) is 0 Å². The van der Waals surface area contributed by atoms with Crippen LogP contribution in [0.2, 0.25) is 0 Å². The van der Waals surface area contributed by atoms with E-state index in [0.717, 1.165) is 26.2 Å². The summed E-state index contributed by atoms with van der Waals surface area (Å²) in [5.74, 6) is -9.87. The normalized spacial score (nSPS) is 13.3. The summed E-state index contributed by atoms with van der Waals surface area (Å²) < 4.78 is 5.44. The first kappa shape index (κ1) is 34.6. The van der Waals surface area contributed by atoms with Crippen molar-refractivity contribution in [3.8, 4) is 0 Å². The molecule has 0 unspecified atom stereocenters. The van der Waals surface area contributed by atoms with Gasteiger partial charge in [-0.15, -0.1) is 0 Å². The lowest BCUT2D eigenvalue weighted by Gasteiger charge is -2.22. The van der Waals surface area contributed by atoms with Crippen LogP contribution in [-0.2, 0) is 38.3 Å². The lowest BCUT2D eigenvalue weighted by molar-refractivity contribution is -0.144. The topological polar surface area (TPSA) is 213 Å². The molecule has 0 aliphatic carbocycles. The van der Waals surface area contributed by atoms with Gasteiger partial charge in [-0.2, -0.15) is 0 Å². The van der Waals surface area contributed by atoms with Crippen LogP contribution in [0.25, 0.3) is 0 Å². The highest BCUT2D eigenvalue weighted by Crippen LogP contribution is 2.15. The molecule has 13 nitrogen and oxygen atoms in total. The SMILES string of the molecule is CC(=O)C[C@@H](CC(=O)O)C(=O)N[C@@H](CC(=O)O)C(=O)C[C@@H](CC(=O)O)C(=O)NCCCCCCOC(C)C. The number of ether oxygens (including phenoxy) is 1. The number of Topliss-reactive ketones (excluding diaryl/α,β-unsaturated/α-hetero) is 2. The standard InChI is InChI=1S/C25H40N2O11/c1-15(2)38-9-7-5-4-6-8-26-24(36)18(13-22(32)33)11-20(29)19(14-23(34)35)27-25(37)17(10-16(3)28)12-21(30)31/h15,17-19H,4-14H2,1-3H3,(H,26,36)(H,27,37)(H,30,31)(H,32,33)(H,34,35)/t17-,18-,19-/m0/s1. The number of rotatable bonds is 22. The van der Waals surface area contributed by atoms with E-state index in [-0.39, 0.29) is 12.6 Å². The zero-order chi connectivity index (χ0) is 29.3. The lowest BCUT2D eigenvalue weighted by Crippen LogP contribution is -2.47. The van der Waals surface area contributed by atoms with E-state index in [1.165, 1.54) is 0 Å². The van der Waals surface area contributed by atoms with Gasteiger partial charge in [0.1, 0.15) is 5.78 Å². The molecule has 0 radical (unpaired) electrons. The van der Waals surface area contributed by atoms with Gasteiger partial charge in [0.05, 0.1) is 43.2 Å². The van der Waals surface area contributed by atoms with Gasteiger partial charge in [0.15, 0.2) is 5.78 Å². The molecule has 0 aromatic heterocycles. The summed E-state index contributed by atoms with van der Waals surface area (Å²) in [7, 11) is 0. The summed E-state index contributed by atoms with van der Waals surface area (Å²) in [5, 5.41) is 32.1. The number of aliphatic carboxylic acids is 3. The molecule has 0 saturated heterocycles. The third kappa shape index (κ3) is 17.2. The third-order valence-electron chi connectivity index (χ3n) is 5.47. The van der Waals surface area contributed by atoms with Gasteiger partial charge in [-0.1, -0.05) is 12.8 Å². The summed E-state index contributed by atoms with van der Waals surface area (Å²) in [6, 6.07) is -1.64. The molecule has 38 heavy (non-hydrogen) atoms. The van der Waals surface area contributed by atoms with E-state index in [4.69, 9.17) is 9.84 Å². The Hall–Kier alpha value is -3.35. The Bertz CT molecular complexity index is 825. The van der Waals surface area contributed by atoms with Gasteiger partial charge >= 0.3 is 17.9 Å². The highest BCUT2D eigenvalue weighted by atomic mass is 16.5. The number of hydrogen-bond donors (Lipinski definition) is 5. The van der Waals surface area contributed by atoms with Crippen molar-refractivity contribution in [2.75, 3.05) is 13.2 Å². The minimum atomic E-state index is -1.64. The number of ketones is 2. The number of carbonyl (C=O) groups is 7. The fraction of sp³-hybridized carbons (Fsp3) is 0.720. The highest BCUT2D eigenvalue weighted by molar-refractivity contribution is 5.97. The molecule has 2 amide bonds. The Labute approximate surface area is 221 Å². The minimum Gasteiger partial charge on any atom is -0.481 e. The maximum absolute atomic E-state index is 12.9. The summed E-state index contributed by atoms with van der Waals surface area (Å²) in [6.45, 7) is 5.92. The highest BCUT2D eigenvalue weighted by Gasteiger charge is 2.32. The lowest BCUT2D eigenvalue weighted by atomic mass is 9.92. The van der Waals surface area contributed by atoms with Gasteiger partial charge in [0, 0.05) is 26.0 Å². The maximum Gasteiger partial charge on any atom is 0.305 e. The van der Waals surface area contributed by atoms with Crippen LogP contribution in [-0.4, -0.2) is 81.9 Å². The zero-order valence-corrected chi connectivity index (χ0v) is 22.2. The van der Waals surface area contributed by atoms with Crippen LogP contribution >= 0.6 is 0 Å². The number of nitrogens with one attached hydrogen (secondary N) is 2. The molecule has 0 aromatic carbocycles. The second-order valence-electron chi connectivity index (χ2n) is 9.45. The Morgan fingerprint density at radius 2 is 1.21 bits per heavy atom. The average molecular weight is 545 g/mol. The van der Waals surface area contributed by atoms with E-state index >= 15 is 0 Å². The van der Waals surface area contributed by atoms with Crippen molar-refractivity contribution >= 4 is 41.3 Å². The number of carboxylic acids is 3. The largest absolute Gasteiger partial charge is 0.481 e. The van der Waals surface area contributed by atoms with Crippen LogP contribution in [0.3, 0.4) is 0 Å². The van der Waals surface area contributed by atoms with E-state index in [1.807, 2.05) is 13.8 Å². The molecule has 0 aliphatic heterocycles. The second-order valence-corrected chi connectivity index (χ2v) is 9.45. The van der Waals surface area contributed by atoms with E-state index < -0.39 is 91.3 Å². The maximum atomic E-state index is 12.9. The van der Waals surface area contributed by atoms with E-state index in [0.29, 0.717) is 13.0 Å². The van der Waals surface area contributed by atoms with Gasteiger partial charge in [0.2, 0.25) is 11.8 Å². The first-order valence-electron chi connectivity index (χ1n) is 12.6. The Morgan fingerprint density at radius 3 is 1.71 bits per heavy atom. The van der Waals surface area contributed by atoms with Crippen molar-refractivity contribution in [3.05, 3.63) is 0 Å². The van der Waals surface area contributed by atoms with Crippen molar-refractivity contribution in [3.63, 3.8) is 0 Å². The number of amides is 2.